The molecule has 19 heavy (non-hydrogen) atoms. The third-order valence-corrected chi connectivity index (χ3v) is 4.90. The molecule has 0 fully saturated rings. The first kappa shape index (κ1) is 17.6. The van der Waals surface area contributed by atoms with Crippen molar-refractivity contribution < 1.29 is 0 Å². The van der Waals surface area contributed by atoms with Gasteiger partial charge in [0.1, 0.15) is 5.69 Å². The molecule has 0 N–H and O–H groups in total. The van der Waals surface area contributed by atoms with E-state index in [0.29, 0.717) is 0 Å². The third kappa shape index (κ3) is 3.44. The number of halogens is 5. The Kier molecular flexibility index (Phi) is 5.03. The van der Waals surface area contributed by atoms with Crippen LogP contribution in [0.1, 0.15) is 52.0 Å². The predicted octanol–water partition coefficient (Wildman–Crippen LogP) is 5.16. The summed E-state index contributed by atoms with van der Waals surface area (Å²) < 4.78 is -1.94. The van der Waals surface area contributed by atoms with E-state index in [1.54, 1.807) is 4.68 Å². The van der Waals surface area contributed by atoms with Crippen molar-refractivity contribution in [2.75, 3.05) is 0 Å². The Labute approximate surface area is 138 Å². The van der Waals surface area contributed by atoms with E-state index in [-0.39, 0.29) is 17.2 Å². The van der Waals surface area contributed by atoms with Crippen LogP contribution in [0.2, 0.25) is 0 Å². The van der Waals surface area contributed by atoms with Crippen LogP contribution < -0.4 is 0 Å². The van der Waals surface area contributed by atoms with Gasteiger partial charge in [0.05, 0.1) is 5.69 Å². The van der Waals surface area contributed by atoms with E-state index in [0.717, 1.165) is 5.69 Å². The van der Waals surface area contributed by atoms with Gasteiger partial charge in [-0.1, -0.05) is 84.0 Å². The second-order valence-corrected chi connectivity index (χ2v) is 9.26. The van der Waals surface area contributed by atoms with E-state index in [4.69, 9.17) is 58.0 Å². The summed E-state index contributed by atoms with van der Waals surface area (Å²) in [6, 6.07) is 0.0926. The van der Waals surface area contributed by atoms with Crippen molar-refractivity contribution in [3.05, 3.63) is 11.4 Å². The fourth-order valence-electron chi connectivity index (χ4n) is 1.70. The van der Waals surface area contributed by atoms with Crippen molar-refractivity contribution in [3.63, 3.8) is 0 Å². The van der Waals surface area contributed by atoms with Crippen LogP contribution in [0.4, 0.5) is 0 Å². The predicted molar refractivity (Wildman–Crippen MR) is 82.8 cm³/mol. The molecule has 0 aliphatic heterocycles. The van der Waals surface area contributed by atoms with Crippen LogP contribution in [0, 0.1) is 0 Å². The van der Waals surface area contributed by atoms with Gasteiger partial charge in [-0.2, -0.15) is 0 Å². The Bertz CT molecular complexity index is 454. The van der Waals surface area contributed by atoms with Gasteiger partial charge in [0.15, 0.2) is 0 Å². The number of hydrogen-bond donors (Lipinski definition) is 0. The molecule has 1 heterocycles. The average molecular weight is 368 g/mol. The summed E-state index contributed by atoms with van der Waals surface area (Å²) in [5, 5.41) is 8.12. The molecule has 0 aromatic carbocycles. The van der Waals surface area contributed by atoms with Crippen LogP contribution >= 0.6 is 58.0 Å². The molecule has 3 nitrogen and oxygen atoms in total. The molecule has 0 aliphatic carbocycles. The number of rotatable bonds is 2. The summed E-state index contributed by atoms with van der Waals surface area (Å²) in [6.45, 7) is 9.95. The zero-order valence-corrected chi connectivity index (χ0v) is 15.1. The highest BCUT2D eigenvalue weighted by Gasteiger charge is 2.52. The van der Waals surface area contributed by atoms with Crippen LogP contribution in [0.3, 0.4) is 0 Å². The van der Waals surface area contributed by atoms with Gasteiger partial charge >= 0.3 is 0 Å². The molecule has 0 saturated carbocycles. The minimum atomic E-state index is -1.91. The molecule has 0 radical (unpaired) electrons. The molecular formula is C11H16Cl5N3. The van der Waals surface area contributed by atoms with Crippen molar-refractivity contribution in [1.29, 1.82) is 0 Å². The molecule has 110 valence electrons. The van der Waals surface area contributed by atoms with Crippen molar-refractivity contribution in [1.82, 2.24) is 15.0 Å². The fourth-order valence-corrected chi connectivity index (χ4v) is 2.22. The summed E-state index contributed by atoms with van der Waals surface area (Å²) in [4.78, 5) is 0. The van der Waals surface area contributed by atoms with Gasteiger partial charge in [-0.25, -0.2) is 4.68 Å². The van der Waals surface area contributed by atoms with Gasteiger partial charge in [0.2, 0.25) is 8.13 Å². The number of aromatic nitrogens is 3. The lowest BCUT2D eigenvalue weighted by atomic mass is 9.89. The zero-order chi connectivity index (χ0) is 15.2. The van der Waals surface area contributed by atoms with Crippen molar-refractivity contribution >= 4 is 58.0 Å². The quantitative estimate of drug-likeness (QED) is 0.676. The minimum absolute atomic E-state index is 0.0926. The van der Waals surface area contributed by atoms with Crippen LogP contribution in [0.5, 0.6) is 0 Å². The number of hydrogen-bond acceptors (Lipinski definition) is 2. The van der Waals surface area contributed by atoms with E-state index in [2.05, 4.69) is 10.3 Å². The molecule has 0 saturated heterocycles. The Morgan fingerprint density at radius 1 is 1.00 bits per heavy atom. The lowest BCUT2D eigenvalue weighted by Crippen LogP contribution is -2.33. The number of nitrogens with zero attached hydrogens (tertiary/aromatic N) is 3. The second-order valence-electron chi connectivity index (χ2n) is 5.65. The summed E-state index contributed by atoms with van der Waals surface area (Å²) >= 11 is 30.0. The standard InChI is InChI=1S/C11H16Cl5N3/c1-6(2)19-8(9(3,4)5)7(17-18-19)10(12,13)11(14,15)16/h6H,1-5H3. The lowest BCUT2D eigenvalue weighted by molar-refractivity contribution is 0.437. The maximum atomic E-state index is 6.22. The van der Waals surface area contributed by atoms with Crippen LogP contribution in [0.15, 0.2) is 0 Å². The topological polar surface area (TPSA) is 30.7 Å². The van der Waals surface area contributed by atoms with E-state index in [9.17, 15) is 0 Å². The SMILES string of the molecule is CC(C)n1nnc(C(Cl)(Cl)C(Cl)(Cl)Cl)c1C(C)(C)C. The van der Waals surface area contributed by atoms with Crippen LogP contribution in [0.25, 0.3) is 0 Å². The Balaban J connectivity index is 3.55. The van der Waals surface area contributed by atoms with Crippen LogP contribution in [-0.4, -0.2) is 18.8 Å². The van der Waals surface area contributed by atoms with E-state index in [1.807, 2.05) is 34.6 Å². The highest BCUT2D eigenvalue weighted by atomic mass is 35.6. The van der Waals surface area contributed by atoms with Crippen LogP contribution in [-0.2, 0) is 9.75 Å². The molecule has 0 aliphatic rings. The second kappa shape index (κ2) is 5.42. The lowest BCUT2D eigenvalue weighted by Gasteiger charge is -2.30. The summed E-state index contributed by atoms with van der Waals surface area (Å²) in [5.41, 5.74) is 0.726. The number of alkyl halides is 5. The summed E-state index contributed by atoms with van der Waals surface area (Å²) in [6.07, 6.45) is 0. The summed E-state index contributed by atoms with van der Waals surface area (Å²) in [5.74, 6) is 0. The molecule has 1 rings (SSSR count). The maximum absolute atomic E-state index is 6.22. The molecular weight excluding hydrogens is 351 g/mol. The van der Waals surface area contributed by atoms with E-state index >= 15 is 0 Å². The van der Waals surface area contributed by atoms with Gasteiger partial charge in [-0.05, 0) is 13.8 Å². The van der Waals surface area contributed by atoms with Crippen molar-refractivity contribution in [3.8, 4) is 0 Å². The van der Waals surface area contributed by atoms with E-state index < -0.39 is 8.13 Å². The average Bonchev–Trinajstić information content (AvgIpc) is 2.58. The van der Waals surface area contributed by atoms with Gasteiger partial charge in [-0.15, -0.1) is 5.10 Å². The van der Waals surface area contributed by atoms with Crippen molar-refractivity contribution in [2.45, 2.75) is 54.2 Å². The largest absolute Gasteiger partial charge is 0.246 e. The summed E-state index contributed by atoms with van der Waals surface area (Å²) in [7, 11) is 0. The molecule has 1 aromatic heterocycles. The molecule has 0 amide bonds. The maximum Gasteiger partial charge on any atom is 0.228 e. The van der Waals surface area contributed by atoms with E-state index in [1.165, 1.54) is 0 Å². The fraction of sp³-hybridized carbons (Fsp3) is 0.818. The first-order chi connectivity index (χ1) is 8.30. The van der Waals surface area contributed by atoms with Gasteiger partial charge in [0.25, 0.3) is 0 Å². The Morgan fingerprint density at radius 3 is 1.79 bits per heavy atom. The highest BCUT2D eigenvalue weighted by Crippen LogP contribution is 2.54. The molecule has 0 unspecified atom stereocenters. The monoisotopic (exact) mass is 365 g/mol. The molecule has 8 heteroatoms. The minimum Gasteiger partial charge on any atom is -0.246 e. The molecule has 1 aromatic rings. The van der Waals surface area contributed by atoms with Gasteiger partial charge < -0.3 is 0 Å². The first-order valence-corrected chi connectivity index (χ1v) is 7.59. The Morgan fingerprint density at radius 2 is 1.47 bits per heavy atom. The Hall–Kier alpha value is 0.590. The molecule has 0 bridgehead atoms. The molecule has 0 atom stereocenters. The highest BCUT2D eigenvalue weighted by molar-refractivity contribution is 6.75. The molecule has 0 spiro atoms. The van der Waals surface area contributed by atoms with Crippen molar-refractivity contribution in [2.24, 2.45) is 0 Å². The van der Waals surface area contributed by atoms with Gasteiger partial charge in [-0.3, -0.25) is 0 Å². The third-order valence-electron chi connectivity index (χ3n) is 2.55. The smallest absolute Gasteiger partial charge is 0.228 e. The first-order valence-electron chi connectivity index (χ1n) is 5.71. The van der Waals surface area contributed by atoms with Gasteiger partial charge in [0, 0.05) is 11.5 Å². The normalized spacial score (nSPS) is 14.3. The zero-order valence-electron chi connectivity index (χ0n) is 11.3.